The van der Waals surface area contributed by atoms with Gasteiger partial charge in [-0.3, -0.25) is 0 Å². The number of pyridine rings is 1. The summed E-state index contributed by atoms with van der Waals surface area (Å²) in [5, 5.41) is 12.5. The molecule has 1 rings (SSSR count). The number of nitriles is 1. The minimum atomic E-state index is 0.626. The second-order valence-corrected chi connectivity index (χ2v) is 4.23. The molecular weight excluding hydrogens is 240 g/mol. The summed E-state index contributed by atoms with van der Waals surface area (Å²) in [6.45, 7) is 9.06. The molecule has 5 nitrogen and oxygen atoms in total. The molecule has 19 heavy (non-hydrogen) atoms. The fourth-order valence-corrected chi connectivity index (χ4v) is 1.92. The molecule has 0 aromatic carbocycles. The molecule has 0 aliphatic heterocycles. The summed E-state index contributed by atoms with van der Waals surface area (Å²) in [6, 6.07) is 4.15. The third-order valence-electron chi connectivity index (χ3n) is 2.98. The molecule has 0 spiro atoms. The number of ether oxygens (including phenoxy) is 1. The Morgan fingerprint density at radius 2 is 2.11 bits per heavy atom. The number of aromatic nitrogens is 1. The number of nitrogens with zero attached hydrogens (tertiary/aromatic N) is 3. The molecule has 0 fully saturated rings. The van der Waals surface area contributed by atoms with Crippen molar-refractivity contribution >= 4 is 11.6 Å². The molecule has 0 amide bonds. The van der Waals surface area contributed by atoms with E-state index in [-0.39, 0.29) is 0 Å². The van der Waals surface area contributed by atoms with Gasteiger partial charge >= 0.3 is 0 Å². The molecule has 0 aliphatic carbocycles. The van der Waals surface area contributed by atoms with E-state index in [1.807, 2.05) is 13.0 Å². The molecule has 0 saturated heterocycles. The fourth-order valence-electron chi connectivity index (χ4n) is 1.92. The van der Waals surface area contributed by atoms with E-state index < -0.39 is 0 Å². The molecule has 0 bridgehead atoms. The third-order valence-corrected chi connectivity index (χ3v) is 2.98. The SMILES string of the molecule is CCN(CC)c1nc(NCCOC)cc(C)c1C#N. The van der Waals surface area contributed by atoms with E-state index >= 15 is 0 Å². The van der Waals surface area contributed by atoms with Crippen LogP contribution in [-0.2, 0) is 4.74 Å². The maximum absolute atomic E-state index is 9.29. The second-order valence-electron chi connectivity index (χ2n) is 4.23. The van der Waals surface area contributed by atoms with E-state index in [1.54, 1.807) is 7.11 Å². The number of hydrogen-bond donors (Lipinski definition) is 1. The average molecular weight is 262 g/mol. The van der Waals surface area contributed by atoms with E-state index in [0.717, 1.165) is 30.3 Å². The topological polar surface area (TPSA) is 61.2 Å². The molecule has 1 N–H and O–H groups in total. The molecule has 1 aromatic rings. The molecule has 5 heteroatoms. The van der Waals surface area contributed by atoms with Crippen molar-refractivity contribution in [2.45, 2.75) is 20.8 Å². The van der Waals surface area contributed by atoms with E-state index in [1.165, 1.54) is 0 Å². The molecule has 0 aliphatic rings. The van der Waals surface area contributed by atoms with Gasteiger partial charge < -0.3 is 15.0 Å². The standard InChI is InChI=1S/C14H22N4O/c1-5-18(6-2)14-12(10-15)11(3)9-13(17-14)16-7-8-19-4/h9H,5-8H2,1-4H3,(H,16,17). The predicted octanol–water partition coefficient (Wildman–Crippen LogP) is 2.17. The van der Waals surface area contributed by atoms with Crippen LogP contribution in [-0.4, -0.2) is 38.3 Å². The van der Waals surface area contributed by atoms with Crippen LogP contribution < -0.4 is 10.2 Å². The van der Waals surface area contributed by atoms with E-state index in [9.17, 15) is 5.26 Å². The first-order chi connectivity index (χ1) is 9.17. The fraction of sp³-hybridized carbons (Fsp3) is 0.571. The highest BCUT2D eigenvalue weighted by molar-refractivity contribution is 5.62. The van der Waals surface area contributed by atoms with Gasteiger partial charge in [0.2, 0.25) is 0 Å². The maximum atomic E-state index is 9.29. The largest absolute Gasteiger partial charge is 0.383 e. The second kappa shape index (κ2) is 7.59. The number of nitrogens with one attached hydrogen (secondary N) is 1. The van der Waals surface area contributed by atoms with Crippen molar-refractivity contribution in [3.8, 4) is 6.07 Å². The summed E-state index contributed by atoms with van der Waals surface area (Å²) >= 11 is 0. The van der Waals surface area contributed by atoms with Crippen LogP contribution in [0.3, 0.4) is 0 Å². The van der Waals surface area contributed by atoms with Gasteiger partial charge in [0, 0.05) is 26.7 Å². The zero-order chi connectivity index (χ0) is 14.3. The van der Waals surface area contributed by atoms with Crippen LogP contribution in [0.2, 0.25) is 0 Å². The van der Waals surface area contributed by atoms with Gasteiger partial charge in [0.05, 0.1) is 12.2 Å². The molecule has 104 valence electrons. The number of methoxy groups -OCH3 is 1. The van der Waals surface area contributed by atoms with Gasteiger partial charge in [0.15, 0.2) is 0 Å². The molecule has 0 unspecified atom stereocenters. The van der Waals surface area contributed by atoms with Gasteiger partial charge in [-0.15, -0.1) is 0 Å². The van der Waals surface area contributed by atoms with Crippen molar-refractivity contribution in [1.82, 2.24) is 4.98 Å². The minimum Gasteiger partial charge on any atom is -0.383 e. The Morgan fingerprint density at radius 3 is 2.63 bits per heavy atom. The Morgan fingerprint density at radius 1 is 1.42 bits per heavy atom. The van der Waals surface area contributed by atoms with Crippen molar-refractivity contribution < 1.29 is 4.74 Å². The van der Waals surface area contributed by atoms with Crippen molar-refractivity contribution in [3.63, 3.8) is 0 Å². The highest BCUT2D eigenvalue weighted by atomic mass is 16.5. The molecule has 0 atom stereocenters. The Balaban J connectivity index is 3.08. The first-order valence-corrected chi connectivity index (χ1v) is 6.57. The Kier molecular flexibility index (Phi) is 6.10. The van der Waals surface area contributed by atoms with Crippen molar-refractivity contribution in [2.75, 3.05) is 43.6 Å². The first kappa shape index (κ1) is 15.3. The smallest absolute Gasteiger partial charge is 0.149 e. The van der Waals surface area contributed by atoms with Crippen LogP contribution in [0, 0.1) is 18.3 Å². The monoisotopic (exact) mass is 262 g/mol. The minimum absolute atomic E-state index is 0.626. The van der Waals surface area contributed by atoms with Crippen LogP contribution in [0.25, 0.3) is 0 Å². The van der Waals surface area contributed by atoms with Crippen LogP contribution in [0.15, 0.2) is 6.07 Å². The third kappa shape index (κ3) is 3.83. The van der Waals surface area contributed by atoms with E-state index in [4.69, 9.17) is 4.74 Å². The average Bonchev–Trinajstić information content (AvgIpc) is 2.40. The van der Waals surface area contributed by atoms with Gasteiger partial charge in [0.25, 0.3) is 0 Å². The van der Waals surface area contributed by atoms with Gasteiger partial charge in [-0.05, 0) is 32.4 Å². The van der Waals surface area contributed by atoms with E-state index in [0.29, 0.717) is 18.7 Å². The lowest BCUT2D eigenvalue weighted by Crippen LogP contribution is -2.25. The lowest BCUT2D eigenvalue weighted by Gasteiger charge is -2.22. The van der Waals surface area contributed by atoms with Gasteiger partial charge in [-0.25, -0.2) is 4.98 Å². The summed E-state index contributed by atoms with van der Waals surface area (Å²) in [4.78, 5) is 6.65. The normalized spacial score (nSPS) is 10.1. The zero-order valence-corrected chi connectivity index (χ0v) is 12.2. The van der Waals surface area contributed by atoms with Crippen molar-refractivity contribution in [2.24, 2.45) is 0 Å². The molecule has 0 saturated carbocycles. The van der Waals surface area contributed by atoms with Crippen LogP contribution >= 0.6 is 0 Å². The molecule has 1 heterocycles. The number of rotatable bonds is 7. The number of aryl methyl sites for hydroxylation is 1. The molecule has 1 aromatic heterocycles. The summed E-state index contributed by atoms with van der Waals surface area (Å²) in [5.74, 6) is 1.54. The first-order valence-electron chi connectivity index (χ1n) is 6.57. The zero-order valence-electron chi connectivity index (χ0n) is 12.2. The highest BCUT2D eigenvalue weighted by Crippen LogP contribution is 2.23. The Bertz CT molecular complexity index is 449. The lowest BCUT2D eigenvalue weighted by atomic mass is 10.1. The quantitative estimate of drug-likeness (QED) is 0.763. The van der Waals surface area contributed by atoms with Crippen LogP contribution in [0.5, 0.6) is 0 Å². The Labute approximate surface area is 115 Å². The van der Waals surface area contributed by atoms with Gasteiger partial charge in [-0.1, -0.05) is 0 Å². The highest BCUT2D eigenvalue weighted by Gasteiger charge is 2.14. The number of hydrogen-bond acceptors (Lipinski definition) is 5. The molecular formula is C14H22N4O. The summed E-state index contributed by atoms with van der Waals surface area (Å²) in [6.07, 6.45) is 0. The lowest BCUT2D eigenvalue weighted by molar-refractivity contribution is 0.210. The number of anilines is 2. The van der Waals surface area contributed by atoms with Crippen LogP contribution in [0.1, 0.15) is 25.0 Å². The van der Waals surface area contributed by atoms with E-state index in [2.05, 4.69) is 35.1 Å². The van der Waals surface area contributed by atoms with Crippen LogP contribution in [0.4, 0.5) is 11.6 Å². The maximum Gasteiger partial charge on any atom is 0.149 e. The van der Waals surface area contributed by atoms with Gasteiger partial charge in [0.1, 0.15) is 17.7 Å². The summed E-state index contributed by atoms with van der Waals surface area (Å²) in [5.41, 5.74) is 1.60. The Hall–Kier alpha value is -1.80. The molecule has 0 radical (unpaired) electrons. The van der Waals surface area contributed by atoms with Crippen molar-refractivity contribution in [1.29, 1.82) is 5.26 Å². The predicted molar refractivity (Wildman–Crippen MR) is 77.6 cm³/mol. The summed E-state index contributed by atoms with van der Waals surface area (Å²) in [7, 11) is 1.67. The van der Waals surface area contributed by atoms with Crippen molar-refractivity contribution in [3.05, 3.63) is 17.2 Å². The van der Waals surface area contributed by atoms with Gasteiger partial charge in [-0.2, -0.15) is 5.26 Å². The summed E-state index contributed by atoms with van der Waals surface area (Å²) < 4.78 is 5.01.